The van der Waals surface area contributed by atoms with Gasteiger partial charge in [-0.3, -0.25) is 0 Å². The fourth-order valence-corrected chi connectivity index (χ4v) is 1.97. The average molecular weight is 256 g/mol. The largest absolute Gasteiger partial charge is 0.325 e. The lowest BCUT2D eigenvalue weighted by molar-refractivity contribution is 1.28. The molecular formula is C14H10ClN3. The van der Waals surface area contributed by atoms with Crippen molar-refractivity contribution in [3.05, 3.63) is 59.8 Å². The average Bonchev–Trinajstić information content (AvgIpc) is 2.41. The molecule has 0 saturated heterocycles. The third-order valence-electron chi connectivity index (χ3n) is 2.59. The van der Waals surface area contributed by atoms with Crippen molar-refractivity contribution in [2.24, 2.45) is 0 Å². The van der Waals surface area contributed by atoms with Crippen LogP contribution >= 0.6 is 11.6 Å². The molecule has 2 aromatic heterocycles. The molecule has 0 unspecified atom stereocenters. The highest BCUT2D eigenvalue weighted by Gasteiger charge is 2.02. The molecule has 2 heterocycles. The SMILES string of the molecule is Clc1cccc2ccc(Nc3ccccn3)nc12. The predicted octanol–water partition coefficient (Wildman–Crippen LogP) is 4.03. The quantitative estimate of drug-likeness (QED) is 0.751. The molecule has 0 bridgehead atoms. The van der Waals surface area contributed by atoms with Crippen molar-refractivity contribution in [2.75, 3.05) is 5.32 Å². The smallest absolute Gasteiger partial charge is 0.132 e. The van der Waals surface area contributed by atoms with E-state index in [2.05, 4.69) is 15.3 Å². The summed E-state index contributed by atoms with van der Waals surface area (Å²) in [5.74, 6) is 1.49. The van der Waals surface area contributed by atoms with Crippen LogP contribution in [0.25, 0.3) is 10.9 Å². The van der Waals surface area contributed by atoms with Gasteiger partial charge < -0.3 is 5.32 Å². The Morgan fingerprint density at radius 3 is 2.67 bits per heavy atom. The maximum Gasteiger partial charge on any atom is 0.132 e. The molecular weight excluding hydrogens is 246 g/mol. The summed E-state index contributed by atoms with van der Waals surface area (Å²) in [5, 5.41) is 4.81. The first kappa shape index (κ1) is 11.0. The number of para-hydroxylation sites is 1. The molecule has 1 aromatic carbocycles. The van der Waals surface area contributed by atoms with Gasteiger partial charge in [0.05, 0.1) is 10.5 Å². The third kappa shape index (κ3) is 2.13. The zero-order valence-electron chi connectivity index (χ0n) is 9.47. The van der Waals surface area contributed by atoms with Gasteiger partial charge in [-0.15, -0.1) is 0 Å². The zero-order valence-corrected chi connectivity index (χ0v) is 10.2. The summed E-state index contributed by atoms with van der Waals surface area (Å²) >= 11 is 6.13. The standard InChI is InChI=1S/C14H10ClN3/c15-11-5-3-4-10-7-8-13(18-14(10)11)17-12-6-1-2-9-16-12/h1-9H,(H,16,17,18). The Balaban J connectivity index is 2.01. The number of halogens is 1. The van der Waals surface area contributed by atoms with Gasteiger partial charge in [-0.2, -0.15) is 0 Å². The first-order valence-corrected chi connectivity index (χ1v) is 5.94. The van der Waals surface area contributed by atoms with Gasteiger partial charge >= 0.3 is 0 Å². The molecule has 88 valence electrons. The fourth-order valence-electron chi connectivity index (χ4n) is 1.75. The number of benzene rings is 1. The van der Waals surface area contributed by atoms with Crippen LogP contribution in [0, 0.1) is 0 Å². The highest BCUT2D eigenvalue weighted by Crippen LogP contribution is 2.23. The molecule has 0 spiro atoms. The van der Waals surface area contributed by atoms with Crippen LogP contribution in [0.4, 0.5) is 11.6 Å². The molecule has 0 aliphatic heterocycles. The topological polar surface area (TPSA) is 37.8 Å². The van der Waals surface area contributed by atoms with Crippen LogP contribution < -0.4 is 5.32 Å². The van der Waals surface area contributed by atoms with E-state index in [4.69, 9.17) is 11.6 Å². The molecule has 0 saturated carbocycles. The summed E-state index contributed by atoms with van der Waals surface area (Å²) in [5.41, 5.74) is 0.792. The number of pyridine rings is 2. The van der Waals surface area contributed by atoms with Crippen LogP contribution in [-0.4, -0.2) is 9.97 Å². The van der Waals surface area contributed by atoms with E-state index in [1.54, 1.807) is 6.20 Å². The van der Waals surface area contributed by atoms with Crippen molar-refractivity contribution in [1.82, 2.24) is 9.97 Å². The number of nitrogens with zero attached hydrogens (tertiary/aromatic N) is 2. The number of anilines is 2. The second-order valence-corrected chi connectivity index (χ2v) is 4.26. The number of hydrogen-bond donors (Lipinski definition) is 1. The van der Waals surface area contributed by atoms with Gasteiger partial charge in [0.1, 0.15) is 11.6 Å². The lowest BCUT2D eigenvalue weighted by atomic mass is 10.2. The van der Waals surface area contributed by atoms with E-state index >= 15 is 0 Å². The van der Waals surface area contributed by atoms with E-state index in [1.807, 2.05) is 48.5 Å². The summed E-state index contributed by atoms with van der Waals surface area (Å²) in [4.78, 5) is 8.68. The van der Waals surface area contributed by atoms with Crippen LogP contribution in [0.3, 0.4) is 0 Å². The van der Waals surface area contributed by atoms with E-state index < -0.39 is 0 Å². The molecule has 4 heteroatoms. The zero-order chi connectivity index (χ0) is 12.4. The van der Waals surface area contributed by atoms with Gasteiger partial charge in [0.15, 0.2) is 0 Å². The Labute approximate surface area is 109 Å². The van der Waals surface area contributed by atoms with E-state index in [1.165, 1.54) is 0 Å². The summed E-state index contributed by atoms with van der Waals surface area (Å²) < 4.78 is 0. The molecule has 0 fully saturated rings. The van der Waals surface area contributed by atoms with Crippen LogP contribution in [0.15, 0.2) is 54.7 Å². The molecule has 0 aliphatic carbocycles. The van der Waals surface area contributed by atoms with Crippen molar-refractivity contribution in [3.8, 4) is 0 Å². The van der Waals surface area contributed by atoms with E-state index in [-0.39, 0.29) is 0 Å². The molecule has 3 rings (SSSR count). The van der Waals surface area contributed by atoms with Gasteiger partial charge in [-0.25, -0.2) is 9.97 Å². The summed E-state index contributed by atoms with van der Waals surface area (Å²) in [6.07, 6.45) is 1.73. The summed E-state index contributed by atoms with van der Waals surface area (Å²) in [7, 11) is 0. The normalized spacial score (nSPS) is 10.5. The van der Waals surface area contributed by atoms with Crippen LogP contribution in [0.5, 0.6) is 0 Å². The molecule has 0 aliphatic rings. The minimum Gasteiger partial charge on any atom is -0.325 e. The first-order chi connectivity index (χ1) is 8.83. The fraction of sp³-hybridized carbons (Fsp3) is 0. The molecule has 18 heavy (non-hydrogen) atoms. The lowest BCUT2D eigenvalue weighted by Gasteiger charge is -2.06. The van der Waals surface area contributed by atoms with E-state index in [0.717, 1.165) is 22.5 Å². The van der Waals surface area contributed by atoms with Crippen LogP contribution in [-0.2, 0) is 0 Å². The Morgan fingerprint density at radius 1 is 0.889 bits per heavy atom. The molecule has 3 nitrogen and oxygen atoms in total. The number of fused-ring (bicyclic) bond motifs is 1. The molecule has 3 aromatic rings. The van der Waals surface area contributed by atoms with Crippen molar-refractivity contribution in [3.63, 3.8) is 0 Å². The summed E-state index contributed by atoms with van der Waals surface area (Å²) in [6, 6.07) is 15.3. The Hall–Kier alpha value is -2.13. The van der Waals surface area contributed by atoms with Crippen molar-refractivity contribution >= 4 is 34.1 Å². The highest BCUT2D eigenvalue weighted by atomic mass is 35.5. The summed E-state index contributed by atoms with van der Waals surface area (Å²) in [6.45, 7) is 0. The molecule has 1 N–H and O–H groups in total. The van der Waals surface area contributed by atoms with Gasteiger partial charge in [-0.05, 0) is 30.3 Å². The maximum atomic E-state index is 6.13. The van der Waals surface area contributed by atoms with E-state index in [9.17, 15) is 0 Å². The van der Waals surface area contributed by atoms with Gasteiger partial charge in [0.25, 0.3) is 0 Å². The van der Waals surface area contributed by atoms with Crippen molar-refractivity contribution in [2.45, 2.75) is 0 Å². The minimum absolute atomic E-state index is 0.650. The second-order valence-electron chi connectivity index (χ2n) is 3.85. The molecule has 0 amide bonds. The third-order valence-corrected chi connectivity index (χ3v) is 2.90. The minimum atomic E-state index is 0.650. The van der Waals surface area contributed by atoms with Crippen molar-refractivity contribution < 1.29 is 0 Å². The molecule has 0 radical (unpaired) electrons. The maximum absolute atomic E-state index is 6.13. The monoisotopic (exact) mass is 255 g/mol. The van der Waals surface area contributed by atoms with Crippen molar-refractivity contribution in [1.29, 1.82) is 0 Å². The number of rotatable bonds is 2. The van der Waals surface area contributed by atoms with E-state index in [0.29, 0.717) is 5.02 Å². The van der Waals surface area contributed by atoms with Gasteiger partial charge in [0, 0.05) is 11.6 Å². The number of hydrogen-bond acceptors (Lipinski definition) is 3. The predicted molar refractivity (Wildman–Crippen MR) is 74.3 cm³/mol. The Bertz CT molecular complexity index is 683. The molecule has 0 atom stereocenters. The van der Waals surface area contributed by atoms with Crippen LogP contribution in [0.2, 0.25) is 5.02 Å². The lowest BCUT2D eigenvalue weighted by Crippen LogP contribution is -1.95. The Kier molecular flexibility index (Phi) is 2.82. The first-order valence-electron chi connectivity index (χ1n) is 5.56. The Morgan fingerprint density at radius 2 is 1.83 bits per heavy atom. The van der Waals surface area contributed by atoms with Gasteiger partial charge in [-0.1, -0.05) is 29.8 Å². The van der Waals surface area contributed by atoms with Crippen LogP contribution in [0.1, 0.15) is 0 Å². The highest BCUT2D eigenvalue weighted by molar-refractivity contribution is 6.35. The number of aromatic nitrogens is 2. The van der Waals surface area contributed by atoms with Gasteiger partial charge in [0.2, 0.25) is 0 Å². The number of nitrogens with one attached hydrogen (secondary N) is 1. The second kappa shape index (κ2) is 4.63.